The Bertz CT molecular complexity index is 3320. The lowest BCUT2D eigenvalue weighted by atomic mass is 10.2. The van der Waals surface area contributed by atoms with Crippen molar-refractivity contribution in [2.45, 2.75) is 0 Å². The Labute approximate surface area is 376 Å². The second-order valence-electron chi connectivity index (χ2n) is 15.7. The fourth-order valence-electron chi connectivity index (χ4n) is 8.92. The highest BCUT2D eigenvalue weighted by Gasteiger charge is 2.25. The van der Waals surface area contributed by atoms with Crippen LogP contribution in [0.25, 0.3) is 50.4 Å². The quantitative estimate of drug-likeness (QED) is 0.139. The van der Waals surface area contributed by atoms with Gasteiger partial charge in [0.1, 0.15) is 23.3 Å². The predicted molar refractivity (Wildman–Crippen MR) is 260 cm³/mol. The smallest absolute Gasteiger partial charge is 0.225 e. The van der Waals surface area contributed by atoms with Gasteiger partial charge in [0, 0.05) is 47.5 Å². The van der Waals surface area contributed by atoms with Crippen LogP contribution in [0.2, 0.25) is 0 Å². The Kier molecular flexibility index (Phi) is 8.49. The zero-order chi connectivity index (χ0) is 43.6. The van der Waals surface area contributed by atoms with E-state index in [1.807, 2.05) is 133 Å². The van der Waals surface area contributed by atoms with Crippen molar-refractivity contribution in [3.8, 4) is 0 Å². The van der Waals surface area contributed by atoms with E-state index in [1.54, 1.807) is 12.4 Å². The Hall–Kier alpha value is -9.49. The van der Waals surface area contributed by atoms with Gasteiger partial charge in [0.2, 0.25) is 17.3 Å². The van der Waals surface area contributed by atoms with Crippen molar-refractivity contribution in [2.24, 2.45) is 0 Å². The SMILES string of the molecule is c1ccc(N(c2ccc3nc4n(c3c2)c2nc3ccc(N(c5ccccn5)c5ccccn5)cc3n2c2nc3ccc(N(c5ccccc5)c5ccccn5)cc3n42)c2ccccn2)cc1. The molecule has 0 saturated carbocycles. The van der Waals surface area contributed by atoms with Crippen molar-refractivity contribution >= 4 is 102 Å². The third-order valence-electron chi connectivity index (χ3n) is 11.8. The molecule has 0 bridgehead atoms. The molecule has 66 heavy (non-hydrogen) atoms. The predicted octanol–water partition coefficient (Wildman–Crippen LogP) is 12.1. The molecule has 312 valence electrons. The molecule has 0 saturated heterocycles. The van der Waals surface area contributed by atoms with Crippen LogP contribution in [0.4, 0.5) is 51.7 Å². The number of para-hydroxylation sites is 2. The first kappa shape index (κ1) is 37.1. The van der Waals surface area contributed by atoms with E-state index < -0.39 is 0 Å². The number of fused-ring (bicyclic) bond motifs is 12. The molecule has 0 radical (unpaired) electrons. The fourth-order valence-corrected chi connectivity index (χ4v) is 8.92. The van der Waals surface area contributed by atoms with E-state index in [9.17, 15) is 0 Å². The van der Waals surface area contributed by atoms with Crippen molar-refractivity contribution in [3.63, 3.8) is 0 Å². The molecule has 0 unspecified atom stereocenters. The molecular weight excluding hydrogens is 819 g/mol. The summed E-state index contributed by atoms with van der Waals surface area (Å²) in [5.41, 5.74) is 9.59. The molecule has 0 fully saturated rings. The van der Waals surface area contributed by atoms with Crippen molar-refractivity contribution in [2.75, 3.05) is 14.7 Å². The number of imidazole rings is 3. The van der Waals surface area contributed by atoms with E-state index in [1.165, 1.54) is 0 Å². The number of hydrogen-bond acceptors (Lipinski definition) is 10. The molecule has 13 rings (SSSR count). The maximum atomic E-state index is 5.40. The van der Waals surface area contributed by atoms with Crippen LogP contribution in [0.1, 0.15) is 0 Å². The van der Waals surface area contributed by atoms with Gasteiger partial charge in [-0.1, -0.05) is 60.7 Å². The monoisotopic (exact) mass is 853 g/mol. The molecule has 13 nitrogen and oxygen atoms in total. The molecule has 0 amide bonds. The van der Waals surface area contributed by atoms with Crippen LogP contribution in [0.15, 0.2) is 213 Å². The van der Waals surface area contributed by atoms with Crippen molar-refractivity contribution in [1.29, 1.82) is 0 Å². The van der Waals surface area contributed by atoms with Gasteiger partial charge < -0.3 is 0 Å². The summed E-state index contributed by atoms with van der Waals surface area (Å²) in [5, 5.41) is 0. The number of anilines is 9. The van der Waals surface area contributed by atoms with Gasteiger partial charge in [-0.25, -0.2) is 48.1 Å². The number of rotatable bonds is 9. The molecule has 0 atom stereocenters. The zero-order valence-electron chi connectivity index (χ0n) is 35.0. The highest BCUT2D eigenvalue weighted by Crippen LogP contribution is 2.40. The van der Waals surface area contributed by atoms with Gasteiger partial charge in [-0.05, 0) is 127 Å². The topological polar surface area (TPSA) is 113 Å². The van der Waals surface area contributed by atoms with Gasteiger partial charge in [-0.15, -0.1) is 0 Å². The maximum Gasteiger partial charge on any atom is 0.225 e. The molecular formula is C53H35N13. The number of aromatic nitrogens is 10. The maximum absolute atomic E-state index is 5.40. The molecule has 0 N–H and O–H groups in total. The van der Waals surface area contributed by atoms with Crippen molar-refractivity contribution in [1.82, 2.24) is 48.1 Å². The molecule has 5 aromatic carbocycles. The van der Waals surface area contributed by atoms with Crippen LogP contribution < -0.4 is 14.7 Å². The van der Waals surface area contributed by atoms with Gasteiger partial charge in [0.25, 0.3) is 0 Å². The Morgan fingerprint density at radius 3 is 0.894 bits per heavy atom. The summed E-state index contributed by atoms with van der Waals surface area (Å²) in [5.74, 6) is 5.02. The third kappa shape index (κ3) is 5.98. The van der Waals surface area contributed by atoms with Gasteiger partial charge >= 0.3 is 0 Å². The van der Waals surface area contributed by atoms with E-state index in [-0.39, 0.29) is 0 Å². The summed E-state index contributed by atoms with van der Waals surface area (Å²) >= 11 is 0. The second-order valence-corrected chi connectivity index (χ2v) is 15.7. The van der Waals surface area contributed by atoms with Gasteiger partial charge in [-0.2, -0.15) is 0 Å². The summed E-state index contributed by atoms with van der Waals surface area (Å²) in [7, 11) is 0. The molecule has 13 aromatic rings. The molecule has 0 spiro atoms. The molecule has 0 aliphatic carbocycles. The van der Waals surface area contributed by atoms with Crippen LogP contribution >= 0.6 is 0 Å². The third-order valence-corrected chi connectivity index (χ3v) is 11.8. The van der Waals surface area contributed by atoms with Crippen LogP contribution in [0, 0.1) is 0 Å². The lowest BCUT2D eigenvalue weighted by Crippen LogP contribution is -2.12. The Balaban J connectivity index is 1.12. The molecule has 8 aromatic heterocycles. The number of hydrogen-bond donors (Lipinski definition) is 0. The van der Waals surface area contributed by atoms with Crippen LogP contribution in [-0.2, 0) is 0 Å². The molecule has 8 heterocycles. The normalized spacial score (nSPS) is 11.6. The average Bonchev–Trinajstić information content (AvgIpc) is 4.07. The lowest BCUT2D eigenvalue weighted by molar-refractivity contribution is 1.01. The van der Waals surface area contributed by atoms with Crippen LogP contribution in [-0.4, -0.2) is 48.1 Å². The summed E-state index contributed by atoms with van der Waals surface area (Å²) < 4.78 is 6.42. The first-order chi connectivity index (χ1) is 32.7. The fraction of sp³-hybridized carbons (Fsp3) is 0. The van der Waals surface area contributed by atoms with Crippen LogP contribution in [0.5, 0.6) is 0 Å². The van der Waals surface area contributed by atoms with Gasteiger partial charge in [0.15, 0.2) is 0 Å². The van der Waals surface area contributed by atoms with E-state index in [0.717, 1.165) is 84.8 Å². The molecule has 0 aliphatic heterocycles. The van der Waals surface area contributed by atoms with Crippen molar-refractivity contribution < 1.29 is 0 Å². The highest BCUT2D eigenvalue weighted by molar-refractivity contribution is 5.95. The first-order valence-electron chi connectivity index (χ1n) is 21.5. The number of benzene rings is 5. The first-order valence-corrected chi connectivity index (χ1v) is 21.5. The molecule has 13 heteroatoms. The standard InChI is InChI=1S/C53H35N13/c1-3-15-36(16-4-1)61(47-19-7-11-29-54-47)38-23-26-41-44(33-38)65-51(58-41)64-45-34-39(62(37-17-5-2-6-18-37)48-20-8-12-30-55-48)24-27-42(45)59-52(64)66-46-35-40(25-28-43(46)60-53(65)66)63(49-21-9-13-31-56-49)50-22-10-14-32-57-50/h1-35H. The average molecular weight is 854 g/mol. The van der Waals surface area contributed by atoms with Gasteiger partial charge in [0.05, 0.1) is 38.8 Å². The lowest BCUT2D eigenvalue weighted by Gasteiger charge is -2.24. The summed E-state index contributed by atoms with van der Waals surface area (Å²) in [6.07, 6.45) is 7.22. The summed E-state index contributed by atoms with van der Waals surface area (Å²) in [6, 6.07) is 63.1. The van der Waals surface area contributed by atoms with Gasteiger partial charge in [-0.3, -0.25) is 14.7 Å². The summed E-state index contributed by atoms with van der Waals surface area (Å²) in [4.78, 5) is 41.6. The van der Waals surface area contributed by atoms with E-state index >= 15 is 0 Å². The number of pyridine rings is 4. The van der Waals surface area contributed by atoms with E-state index in [4.69, 9.17) is 34.9 Å². The van der Waals surface area contributed by atoms with E-state index in [0.29, 0.717) is 17.3 Å². The molecule has 0 aliphatic rings. The zero-order valence-corrected chi connectivity index (χ0v) is 35.0. The minimum atomic E-state index is 0.658. The van der Waals surface area contributed by atoms with Crippen LogP contribution in [0.3, 0.4) is 0 Å². The Morgan fingerprint density at radius 2 is 0.576 bits per heavy atom. The van der Waals surface area contributed by atoms with Crippen molar-refractivity contribution in [3.05, 3.63) is 213 Å². The number of nitrogens with zero attached hydrogens (tertiary/aromatic N) is 13. The Morgan fingerprint density at radius 1 is 0.273 bits per heavy atom. The largest absolute Gasteiger partial charge is 0.295 e. The minimum absolute atomic E-state index is 0.658. The summed E-state index contributed by atoms with van der Waals surface area (Å²) in [6.45, 7) is 0. The highest BCUT2D eigenvalue weighted by atomic mass is 15.3. The minimum Gasteiger partial charge on any atom is -0.295 e. The van der Waals surface area contributed by atoms with E-state index in [2.05, 4.69) is 95.8 Å². The second kappa shape index (κ2) is 15.1.